The van der Waals surface area contributed by atoms with E-state index in [-0.39, 0.29) is 23.0 Å². The van der Waals surface area contributed by atoms with Gasteiger partial charge in [-0.25, -0.2) is 8.42 Å². The number of amides is 1. The summed E-state index contributed by atoms with van der Waals surface area (Å²) in [5.41, 5.74) is -0.0120. The quantitative estimate of drug-likeness (QED) is 0.678. The number of hydrogen-bond donors (Lipinski definition) is 1. The molecule has 5 heteroatoms. The molecule has 76 valence electrons. The highest BCUT2D eigenvalue weighted by Crippen LogP contribution is 2.27. The SMILES string of the molecule is CC(C)(C)CC1CS(=O)(=O)NC1=O. The topological polar surface area (TPSA) is 63.2 Å². The van der Waals surface area contributed by atoms with Gasteiger partial charge in [0.15, 0.2) is 0 Å². The molecular formula is C8H15NO3S. The summed E-state index contributed by atoms with van der Waals surface area (Å²) in [6.45, 7) is 5.97. The van der Waals surface area contributed by atoms with E-state index in [1.54, 1.807) is 0 Å². The maximum Gasteiger partial charge on any atom is 0.237 e. The van der Waals surface area contributed by atoms with Crippen molar-refractivity contribution in [2.24, 2.45) is 11.3 Å². The number of hydrogen-bond acceptors (Lipinski definition) is 3. The van der Waals surface area contributed by atoms with Crippen molar-refractivity contribution in [2.75, 3.05) is 5.75 Å². The van der Waals surface area contributed by atoms with Crippen molar-refractivity contribution in [3.8, 4) is 0 Å². The zero-order valence-corrected chi connectivity index (χ0v) is 8.94. The fraction of sp³-hybridized carbons (Fsp3) is 0.875. The molecule has 1 fully saturated rings. The molecule has 13 heavy (non-hydrogen) atoms. The minimum atomic E-state index is -3.32. The average molecular weight is 205 g/mol. The van der Waals surface area contributed by atoms with Crippen LogP contribution >= 0.6 is 0 Å². The van der Waals surface area contributed by atoms with Gasteiger partial charge in [0, 0.05) is 0 Å². The monoisotopic (exact) mass is 205 g/mol. The highest BCUT2D eigenvalue weighted by molar-refractivity contribution is 7.90. The van der Waals surface area contributed by atoms with Gasteiger partial charge in [-0.15, -0.1) is 0 Å². The van der Waals surface area contributed by atoms with Gasteiger partial charge in [-0.3, -0.25) is 9.52 Å². The first kappa shape index (κ1) is 10.5. The molecule has 1 saturated heterocycles. The van der Waals surface area contributed by atoms with Gasteiger partial charge in [-0.2, -0.15) is 0 Å². The molecule has 0 aromatic carbocycles. The Kier molecular flexibility index (Phi) is 2.40. The third-order valence-corrected chi connectivity index (χ3v) is 3.26. The molecule has 0 aromatic heterocycles. The van der Waals surface area contributed by atoms with Crippen LogP contribution in [0.3, 0.4) is 0 Å². The van der Waals surface area contributed by atoms with E-state index in [0.29, 0.717) is 6.42 Å². The highest BCUT2D eigenvalue weighted by Gasteiger charge is 2.37. The van der Waals surface area contributed by atoms with Crippen molar-refractivity contribution in [3.63, 3.8) is 0 Å². The molecule has 1 N–H and O–H groups in total. The van der Waals surface area contributed by atoms with Gasteiger partial charge in [0.05, 0.1) is 11.7 Å². The molecule has 0 saturated carbocycles. The molecule has 0 aliphatic carbocycles. The van der Waals surface area contributed by atoms with E-state index >= 15 is 0 Å². The molecule has 0 aromatic rings. The summed E-state index contributed by atoms with van der Waals surface area (Å²) in [6.07, 6.45) is 0.609. The van der Waals surface area contributed by atoms with E-state index in [4.69, 9.17) is 0 Å². The predicted octanol–water partition coefficient (Wildman–Crippen LogP) is 0.498. The second-order valence-corrected chi connectivity index (χ2v) is 6.48. The van der Waals surface area contributed by atoms with Gasteiger partial charge in [-0.1, -0.05) is 20.8 Å². The van der Waals surface area contributed by atoms with Crippen LogP contribution in [0.25, 0.3) is 0 Å². The van der Waals surface area contributed by atoms with Crippen molar-refractivity contribution in [3.05, 3.63) is 0 Å². The van der Waals surface area contributed by atoms with Gasteiger partial charge in [-0.05, 0) is 11.8 Å². The summed E-state index contributed by atoms with van der Waals surface area (Å²) < 4.78 is 24.0. The van der Waals surface area contributed by atoms with Crippen LogP contribution < -0.4 is 4.72 Å². The molecule has 1 aliphatic rings. The summed E-state index contributed by atoms with van der Waals surface area (Å²) in [6, 6.07) is 0. The van der Waals surface area contributed by atoms with E-state index in [0.717, 1.165) is 0 Å². The molecule has 1 atom stereocenters. The number of nitrogens with one attached hydrogen (secondary N) is 1. The largest absolute Gasteiger partial charge is 0.274 e. The molecule has 1 heterocycles. The zero-order chi connectivity index (χ0) is 10.3. The van der Waals surface area contributed by atoms with Gasteiger partial charge in [0.1, 0.15) is 0 Å². The molecule has 1 rings (SSSR count). The van der Waals surface area contributed by atoms with E-state index < -0.39 is 10.0 Å². The Bertz CT molecular complexity index is 313. The van der Waals surface area contributed by atoms with Crippen LogP contribution in [0.15, 0.2) is 0 Å². The van der Waals surface area contributed by atoms with E-state index in [2.05, 4.69) is 0 Å². The van der Waals surface area contributed by atoms with Crippen LogP contribution in [0.4, 0.5) is 0 Å². The summed E-state index contributed by atoms with van der Waals surface area (Å²) in [5, 5.41) is 0. The van der Waals surface area contributed by atoms with E-state index in [1.807, 2.05) is 25.5 Å². The molecule has 1 amide bonds. The molecule has 0 radical (unpaired) electrons. The van der Waals surface area contributed by atoms with Crippen molar-refractivity contribution in [1.29, 1.82) is 0 Å². The third-order valence-electron chi connectivity index (χ3n) is 1.91. The second-order valence-electron chi connectivity index (χ2n) is 4.71. The van der Waals surface area contributed by atoms with Crippen molar-refractivity contribution < 1.29 is 13.2 Å². The first-order valence-corrected chi connectivity index (χ1v) is 5.89. The van der Waals surface area contributed by atoms with E-state index in [9.17, 15) is 13.2 Å². The second kappa shape index (κ2) is 2.97. The molecular weight excluding hydrogens is 190 g/mol. The Morgan fingerprint density at radius 2 is 2.00 bits per heavy atom. The molecule has 1 unspecified atom stereocenters. The average Bonchev–Trinajstić information content (AvgIpc) is 2.00. The minimum absolute atomic E-state index is 0.0120. The first-order chi connectivity index (χ1) is 5.70. The van der Waals surface area contributed by atoms with Gasteiger partial charge in [0.25, 0.3) is 0 Å². The van der Waals surface area contributed by atoms with Crippen LogP contribution in [-0.2, 0) is 14.8 Å². The normalized spacial score (nSPS) is 27.3. The Morgan fingerprint density at radius 1 is 1.46 bits per heavy atom. The number of carbonyl (C=O) groups is 1. The van der Waals surface area contributed by atoms with Gasteiger partial charge < -0.3 is 0 Å². The predicted molar refractivity (Wildman–Crippen MR) is 49.5 cm³/mol. The molecule has 0 spiro atoms. The number of rotatable bonds is 1. The van der Waals surface area contributed by atoms with Crippen molar-refractivity contribution in [2.45, 2.75) is 27.2 Å². The minimum Gasteiger partial charge on any atom is -0.274 e. The Hall–Kier alpha value is -0.580. The fourth-order valence-electron chi connectivity index (χ4n) is 1.51. The zero-order valence-electron chi connectivity index (χ0n) is 8.12. The van der Waals surface area contributed by atoms with Crippen molar-refractivity contribution >= 4 is 15.9 Å². The first-order valence-electron chi connectivity index (χ1n) is 4.24. The lowest BCUT2D eigenvalue weighted by molar-refractivity contribution is -0.122. The van der Waals surface area contributed by atoms with Gasteiger partial charge in [0.2, 0.25) is 15.9 Å². The van der Waals surface area contributed by atoms with E-state index in [1.165, 1.54) is 0 Å². The van der Waals surface area contributed by atoms with Crippen LogP contribution in [0.1, 0.15) is 27.2 Å². The lowest BCUT2D eigenvalue weighted by atomic mass is 9.85. The standard InChI is InChI=1S/C8H15NO3S/c1-8(2,3)4-6-5-13(11,12)9-7(6)10/h6H,4-5H2,1-3H3,(H,9,10). The lowest BCUT2D eigenvalue weighted by Gasteiger charge is -2.20. The lowest BCUT2D eigenvalue weighted by Crippen LogP contribution is -2.24. The Balaban J connectivity index is 2.70. The summed E-state index contributed by atoms with van der Waals surface area (Å²) in [7, 11) is -3.32. The summed E-state index contributed by atoms with van der Waals surface area (Å²) in [5.74, 6) is -0.775. The van der Waals surface area contributed by atoms with Gasteiger partial charge >= 0.3 is 0 Å². The Morgan fingerprint density at radius 3 is 2.31 bits per heavy atom. The molecule has 0 bridgehead atoms. The van der Waals surface area contributed by atoms with Crippen LogP contribution in [0.5, 0.6) is 0 Å². The summed E-state index contributed by atoms with van der Waals surface area (Å²) in [4.78, 5) is 11.2. The highest BCUT2D eigenvalue weighted by atomic mass is 32.2. The number of sulfonamides is 1. The smallest absolute Gasteiger partial charge is 0.237 e. The maximum atomic E-state index is 11.2. The summed E-state index contributed by atoms with van der Waals surface area (Å²) >= 11 is 0. The molecule has 4 nitrogen and oxygen atoms in total. The van der Waals surface area contributed by atoms with Crippen molar-refractivity contribution in [1.82, 2.24) is 4.72 Å². The molecule has 1 aliphatic heterocycles. The van der Waals surface area contributed by atoms with Crippen LogP contribution in [0.2, 0.25) is 0 Å². The maximum absolute atomic E-state index is 11.2. The van der Waals surface area contributed by atoms with Crippen LogP contribution in [-0.4, -0.2) is 20.1 Å². The third kappa shape index (κ3) is 2.99. The Labute approximate surface area is 78.8 Å². The van der Waals surface area contributed by atoms with Crippen LogP contribution in [0, 0.1) is 11.3 Å². The fourth-order valence-corrected chi connectivity index (χ4v) is 2.87. The number of carbonyl (C=O) groups excluding carboxylic acids is 1.